The van der Waals surface area contributed by atoms with E-state index in [2.05, 4.69) is 36.6 Å². The zero-order chi connectivity index (χ0) is 16.8. The fourth-order valence-corrected chi connectivity index (χ4v) is 4.03. The molecular formula is C18H23N3OS. The lowest BCUT2D eigenvalue weighted by Crippen LogP contribution is -2.34. The molecule has 0 spiro atoms. The van der Waals surface area contributed by atoms with Crippen LogP contribution in [-0.4, -0.2) is 16.6 Å². The van der Waals surface area contributed by atoms with E-state index in [1.165, 1.54) is 5.56 Å². The van der Waals surface area contributed by atoms with E-state index in [0.717, 1.165) is 18.5 Å². The summed E-state index contributed by atoms with van der Waals surface area (Å²) in [6, 6.07) is 7.95. The minimum atomic E-state index is -0.288. The SMILES string of the molecule is Cc1ccc(NC(=S)NN=C2C(=O)C3(C)CCC2C3(C)C)cc1. The predicted molar refractivity (Wildman–Crippen MR) is 97.6 cm³/mol. The van der Waals surface area contributed by atoms with Gasteiger partial charge in [-0.15, -0.1) is 0 Å². The number of benzene rings is 1. The number of rotatable bonds is 2. The maximum Gasteiger partial charge on any atom is 0.191 e. The second kappa shape index (κ2) is 5.41. The van der Waals surface area contributed by atoms with Gasteiger partial charge in [-0.25, -0.2) is 0 Å². The fourth-order valence-electron chi connectivity index (χ4n) is 3.86. The average Bonchev–Trinajstić information content (AvgIpc) is 2.80. The van der Waals surface area contributed by atoms with Crippen LogP contribution < -0.4 is 10.7 Å². The molecule has 2 fully saturated rings. The molecule has 0 saturated heterocycles. The second-order valence-corrected chi connectivity index (χ2v) is 7.81. The molecule has 2 aliphatic carbocycles. The largest absolute Gasteiger partial charge is 0.331 e. The van der Waals surface area contributed by atoms with Crippen LogP contribution in [0.5, 0.6) is 0 Å². The summed E-state index contributed by atoms with van der Waals surface area (Å²) in [4.78, 5) is 12.7. The van der Waals surface area contributed by atoms with Gasteiger partial charge in [-0.05, 0) is 49.5 Å². The summed E-state index contributed by atoms with van der Waals surface area (Å²) in [6.45, 7) is 8.46. The molecule has 23 heavy (non-hydrogen) atoms. The molecule has 0 amide bonds. The molecule has 2 bridgehead atoms. The number of nitrogens with one attached hydrogen (secondary N) is 2. The van der Waals surface area contributed by atoms with Crippen molar-refractivity contribution < 1.29 is 4.79 Å². The lowest BCUT2D eigenvalue weighted by atomic mass is 9.70. The van der Waals surface area contributed by atoms with E-state index >= 15 is 0 Å². The highest BCUT2D eigenvalue weighted by Gasteiger charge is 2.65. The Balaban J connectivity index is 1.70. The number of hydrazone groups is 1. The zero-order valence-electron chi connectivity index (χ0n) is 14.1. The average molecular weight is 329 g/mol. The van der Waals surface area contributed by atoms with Gasteiger partial charge in [0.05, 0.1) is 0 Å². The molecule has 1 aromatic rings. The molecule has 122 valence electrons. The number of fused-ring (bicyclic) bond motifs is 2. The quantitative estimate of drug-likeness (QED) is 0.642. The first-order chi connectivity index (χ1) is 10.8. The first-order valence-electron chi connectivity index (χ1n) is 8.02. The van der Waals surface area contributed by atoms with Gasteiger partial charge < -0.3 is 5.32 Å². The first kappa shape index (κ1) is 16.1. The van der Waals surface area contributed by atoms with Crippen LogP contribution in [0.25, 0.3) is 0 Å². The third-order valence-corrected chi connectivity index (χ3v) is 6.07. The third kappa shape index (κ3) is 2.47. The predicted octanol–water partition coefficient (Wildman–Crippen LogP) is 3.66. The Morgan fingerprint density at radius 3 is 2.48 bits per heavy atom. The number of carbonyl (C=O) groups excluding carboxylic acids is 1. The van der Waals surface area contributed by atoms with E-state index in [1.807, 2.05) is 31.2 Å². The van der Waals surface area contributed by atoms with Crippen molar-refractivity contribution in [3.8, 4) is 0 Å². The molecule has 0 heterocycles. The standard InChI is InChI=1S/C18H23N3OS/c1-11-5-7-12(8-6-11)19-16(23)21-20-14-13-9-10-18(4,15(14)22)17(13,2)3/h5-8,13H,9-10H2,1-4H3,(H2,19,21,23). The third-order valence-electron chi connectivity index (χ3n) is 5.88. The van der Waals surface area contributed by atoms with E-state index in [0.29, 0.717) is 10.8 Å². The van der Waals surface area contributed by atoms with E-state index in [9.17, 15) is 4.79 Å². The molecule has 2 N–H and O–H groups in total. The number of nitrogens with zero attached hydrogens (tertiary/aromatic N) is 1. The number of ketones is 1. The summed E-state index contributed by atoms with van der Waals surface area (Å²) in [5.74, 6) is 0.388. The van der Waals surface area contributed by atoms with Crippen LogP contribution in [0, 0.1) is 23.7 Å². The molecular weight excluding hydrogens is 306 g/mol. The van der Waals surface area contributed by atoms with Crippen molar-refractivity contribution in [1.29, 1.82) is 0 Å². The van der Waals surface area contributed by atoms with Crippen LogP contribution in [-0.2, 0) is 4.79 Å². The van der Waals surface area contributed by atoms with E-state index < -0.39 is 0 Å². The van der Waals surface area contributed by atoms with Crippen molar-refractivity contribution in [3.63, 3.8) is 0 Å². The van der Waals surface area contributed by atoms with Crippen LogP contribution in [0.4, 0.5) is 5.69 Å². The van der Waals surface area contributed by atoms with Gasteiger partial charge in [0.15, 0.2) is 10.9 Å². The highest BCUT2D eigenvalue weighted by Crippen LogP contribution is 2.62. The summed E-state index contributed by atoms with van der Waals surface area (Å²) >= 11 is 5.27. The normalized spacial score (nSPS) is 29.8. The molecule has 0 aromatic heterocycles. The Morgan fingerprint density at radius 1 is 1.26 bits per heavy atom. The summed E-state index contributed by atoms with van der Waals surface area (Å²) in [5, 5.41) is 7.84. The molecule has 0 aliphatic heterocycles. The molecule has 1 aromatic carbocycles. The van der Waals surface area contributed by atoms with Gasteiger partial charge in [-0.3, -0.25) is 10.2 Å². The van der Waals surface area contributed by atoms with E-state index in [1.54, 1.807) is 0 Å². The Hall–Kier alpha value is -1.75. The van der Waals surface area contributed by atoms with Crippen molar-refractivity contribution >= 4 is 34.5 Å². The summed E-state index contributed by atoms with van der Waals surface area (Å²) in [5.41, 5.74) is 5.27. The van der Waals surface area contributed by atoms with Crippen LogP contribution in [0.1, 0.15) is 39.2 Å². The molecule has 2 saturated carbocycles. The van der Waals surface area contributed by atoms with Gasteiger partial charge in [0, 0.05) is 17.0 Å². The van der Waals surface area contributed by atoms with Crippen molar-refractivity contribution in [2.24, 2.45) is 21.8 Å². The van der Waals surface area contributed by atoms with Gasteiger partial charge in [-0.2, -0.15) is 5.10 Å². The Kier molecular flexibility index (Phi) is 3.79. The monoisotopic (exact) mass is 329 g/mol. The molecule has 5 heteroatoms. The van der Waals surface area contributed by atoms with Gasteiger partial charge >= 0.3 is 0 Å². The number of carbonyl (C=O) groups is 1. The maximum atomic E-state index is 12.7. The van der Waals surface area contributed by atoms with Gasteiger partial charge in [0.25, 0.3) is 0 Å². The molecule has 2 atom stereocenters. The lowest BCUT2D eigenvalue weighted by molar-refractivity contribution is -0.123. The number of aryl methyl sites for hydroxylation is 1. The van der Waals surface area contributed by atoms with Crippen LogP contribution in [0.15, 0.2) is 29.4 Å². The number of hydrogen-bond donors (Lipinski definition) is 2. The molecule has 2 unspecified atom stereocenters. The van der Waals surface area contributed by atoms with E-state index in [4.69, 9.17) is 12.2 Å². The first-order valence-corrected chi connectivity index (χ1v) is 8.42. The maximum absolute atomic E-state index is 12.7. The topological polar surface area (TPSA) is 53.5 Å². The Morgan fingerprint density at radius 2 is 1.91 bits per heavy atom. The van der Waals surface area contributed by atoms with Gasteiger partial charge in [-0.1, -0.05) is 38.5 Å². The molecule has 3 rings (SSSR count). The van der Waals surface area contributed by atoms with Crippen molar-refractivity contribution in [1.82, 2.24) is 5.43 Å². The van der Waals surface area contributed by atoms with Crippen LogP contribution in [0.2, 0.25) is 0 Å². The zero-order valence-corrected chi connectivity index (χ0v) is 14.9. The molecule has 2 aliphatic rings. The van der Waals surface area contributed by atoms with Gasteiger partial charge in [0.1, 0.15) is 5.71 Å². The summed E-state index contributed by atoms with van der Waals surface area (Å²) in [7, 11) is 0. The van der Waals surface area contributed by atoms with Gasteiger partial charge in [0.2, 0.25) is 0 Å². The molecule has 4 nitrogen and oxygen atoms in total. The summed E-state index contributed by atoms with van der Waals surface area (Å²) in [6.07, 6.45) is 1.97. The van der Waals surface area contributed by atoms with Crippen LogP contribution in [0.3, 0.4) is 0 Å². The number of Topliss-reactive ketones (excluding diaryl/α,β-unsaturated/α-hetero) is 1. The van der Waals surface area contributed by atoms with Crippen LogP contribution >= 0.6 is 12.2 Å². The Labute approximate surface area is 142 Å². The fraction of sp³-hybridized carbons (Fsp3) is 0.500. The number of thiocarbonyl (C=S) groups is 1. The summed E-state index contributed by atoms with van der Waals surface area (Å²) < 4.78 is 0. The van der Waals surface area contributed by atoms with Crippen molar-refractivity contribution in [2.45, 2.75) is 40.5 Å². The van der Waals surface area contributed by atoms with E-state index in [-0.39, 0.29) is 22.5 Å². The number of anilines is 1. The second-order valence-electron chi connectivity index (χ2n) is 7.40. The minimum absolute atomic E-state index is 0.0311. The lowest BCUT2D eigenvalue weighted by Gasteiger charge is -2.31. The smallest absolute Gasteiger partial charge is 0.191 e. The van der Waals surface area contributed by atoms with Crippen molar-refractivity contribution in [2.75, 3.05) is 5.32 Å². The number of hydrogen-bond acceptors (Lipinski definition) is 3. The highest BCUT2D eigenvalue weighted by atomic mass is 32.1. The highest BCUT2D eigenvalue weighted by molar-refractivity contribution is 7.80. The Bertz CT molecular complexity index is 693. The van der Waals surface area contributed by atoms with Crippen molar-refractivity contribution in [3.05, 3.63) is 29.8 Å². The molecule has 0 radical (unpaired) electrons. The minimum Gasteiger partial charge on any atom is -0.331 e.